The van der Waals surface area contributed by atoms with Crippen LogP contribution in [-0.4, -0.2) is 34.6 Å². The summed E-state index contributed by atoms with van der Waals surface area (Å²) in [5.74, 6) is -0.559. The second kappa shape index (κ2) is 8.02. The van der Waals surface area contributed by atoms with Crippen LogP contribution in [0.5, 0.6) is 0 Å². The van der Waals surface area contributed by atoms with Crippen molar-refractivity contribution in [3.63, 3.8) is 0 Å². The highest BCUT2D eigenvalue weighted by Gasteiger charge is 2.43. The Hall–Kier alpha value is -0.570. The molecule has 3 heteroatoms. The number of aliphatic carboxylic acids is 1. The van der Waals surface area contributed by atoms with Gasteiger partial charge in [-0.1, -0.05) is 57.8 Å². The lowest BCUT2D eigenvalue weighted by Gasteiger charge is -2.38. The summed E-state index contributed by atoms with van der Waals surface area (Å²) < 4.78 is 0. The van der Waals surface area contributed by atoms with Crippen LogP contribution in [0.15, 0.2) is 0 Å². The smallest absolute Gasteiger partial charge is 0.324 e. The van der Waals surface area contributed by atoms with Gasteiger partial charge in [0.1, 0.15) is 5.54 Å². The average Bonchev–Trinajstić information content (AvgIpc) is 2.93. The van der Waals surface area contributed by atoms with Crippen LogP contribution in [0.4, 0.5) is 0 Å². The summed E-state index contributed by atoms with van der Waals surface area (Å²) in [6.07, 6.45) is 15.3. The standard InChI is InChI=1S/C17H31NO2/c19-16(20)17(18-14-10-11-15-18)12-8-6-4-2-1-3-5-7-9-13-17/h1-15H2,(H,19,20). The molecular formula is C17H31NO2. The van der Waals surface area contributed by atoms with E-state index in [-0.39, 0.29) is 0 Å². The van der Waals surface area contributed by atoms with Crippen LogP contribution in [-0.2, 0) is 4.79 Å². The molecule has 2 aliphatic rings. The largest absolute Gasteiger partial charge is 0.480 e. The number of rotatable bonds is 2. The van der Waals surface area contributed by atoms with Crippen LogP contribution in [0.25, 0.3) is 0 Å². The molecule has 2 fully saturated rings. The normalized spacial score (nSPS) is 26.6. The fourth-order valence-electron chi connectivity index (χ4n) is 4.01. The van der Waals surface area contributed by atoms with Gasteiger partial charge in [-0.3, -0.25) is 9.69 Å². The lowest BCUT2D eigenvalue weighted by Crippen LogP contribution is -2.53. The first-order valence-corrected chi connectivity index (χ1v) is 8.74. The summed E-state index contributed by atoms with van der Waals surface area (Å²) >= 11 is 0. The molecule has 1 heterocycles. The maximum atomic E-state index is 12.0. The molecule has 0 unspecified atom stereocenters. The SMILES string of the molecule is O=C(O)C1(N2CCCC2)CCCCCCCCCCC1. The fourth-order valence-corrected chi connectivity index (χ4v) is 4.01. The van der Waals surface area contributed by atoms with Crippen molar-refractivity contribution in [1.29, 1.82) is 0 Å². The van der Waals surface area contributed by atoms with E-state index < -0.39 is 11.5 Å². The summed E-state index contributed by atoms with van der Waals surface area (Å²) in [6.45, 7) is 1.98. The van der Waals surface area contributed by atoms with Gasteiger partial charge in [0, 0.05) is 0 Å². The maximum Gasteiger partial charge on any atom is 0.324 e. The van der Waals surface area contributed by atoms with Crippen molar-refractivity contribution < 1.29 is 9.90 Å². The number of hydrogen-bond acceptors (Lipinski definition) is 2. The van der Waals surface area contributed by atoms with Gasteiger partial charge in [0.2, 0.25) is 0 Å². The van der Waals surface area contributed by atoms with E-state index in [2.05, 4.69) is 4.90 Å². The minimum atomic E-state index is -0.559. The quantitative estimate of drug-likeness (QED) is 0.824. The number of hydrogen-bond donors (Lipinski definition) is 1. The van der Waals surface area contributed by atoms with Crippen LogP contribution < -0.4 is 0 Å². The fraction of sp³-hybridized carbons (Fsp3) is 0.941. The van der Waals surface area contributed by atoms with E-state index in [0.29, 0.717) is 0 Å². The molecule has 116 valence electrons. The van der Waals surface area contributed by atoms with Gasteiger partial charge in [0.05, 0.1) is 0 Å². The molecule has 1 saturated heterocycles. The third-order valence-electron chi connectivity index (χ3n) is 5.29. The summed E-state index contributed by atoms with van der Waals surface area (Å²) in [6, 6.07) is 0. The van der Waals surface area contributed by atoms with E-state index in [4.69, 9.17) is 0 Å². The van der Waals surface area contributed by atoms with Crippen LogP contribution >= 0.6 is 0 Å². The zero-order valence-corrected chi connectivity index (χ0v) is 12.9. The number of nitrogens with zero attached hydrogens (tertiary/aromatic N) is 1. The van der Waals surface area contributed by atoms with Crippen molar-refractivity contribution in [1.82, 2.24) is 4.90 Å². The highest BCUT2D eigenvalue weighted by molar-refractivity contribution is 5.78. The average molecular weight is 281 g/mol. The van der Waals surface area contributed by atoms with Gasteiger partial charge in [-0.15, -0.1) is 0 Å². The number of likely N-dealkylation sites (tertiary alicyclic amines) is 1. The first-order valence-electron chi connectivity index (χ1n) is 8.74. The molecule has 20 heavy (non-hydrogen) atoms. The molecule has 1 N–H and O–H groups in total. The first kappa shape index (κ1) is 15.8. The van der Waals surface area contributed by atoms with Crippen molar-refractivity contribution in [3.8, 4) is 0 Å². The summed E-state index contributed by atoms with van der Waals surface area (Å²) in [5, 5.41) is 9.91. The topological polar surface area (TPSA) is 40.5 Å². The molecule has 0 aromatic carbocycles. The van der Waals surface area contributed by atoms with Gasteiger partial charge < -0.3 is 5.11 Å². The predicted molar refractivity (Wildman–Crippen MR) is 82.0 cm³/mol. The Morgan fingerprint density at radius 3 is 1.50 bits per heavy atom. The molecule has 1 aliphatic heterocycles. The lowest BCUT2D eigenvalue weighted by atomic mass is 9.84. The summed E-state index contributed by atoms with van der Waals surface area (Å²) in [5.41, 5.74) is -0.546. The predicted octanol–water partition coefficient (Wildman–Crippen LogP) is 4.21. The third-order valence-corrected chi connectivity index (χ3v) is 5.29. The molecule has 0 radical (unpaired) electrons. The van der Waals surface area contributed by atoms with Crippen LogP contribution in [0.1, 0.15) is 83.5 Å². The molecular weight excluding hydrogens is 250 g/mol. The van der Waals surface area contributed by atoms with Crippen molar-refractivity contribution in [3.05, 3.63) is 0 Å². The van der Waals surface area contributed by atoms with Crippen molar-refractivity contribution in [2.24, 2.45) is 0 Å². The molecule has 3 nitrogen and oxygen atoms in total. The molecule has 0 aromatic rings. The van der Waals surface area contributed by atoms with Gasteiger partial charge in [-0.25, -0.2) is 0 Å². The monoisotopic (exact) mass is 281 g/mol. The van der Waals surface area contributed by atoms with Gasteiger partial charge in [-0.05, 0) is 38.8 Å². The van der Waals surface area contributed by atoms with Crippen LogP contribution in [0.2, 0.25) is 0 Å². The Bertz CT molecular complexity index is 285. The van der Waals surface area contributed by atoms with Gasteiger partial charge >= 0.3 is 5.97 Å². The molecule has 0 atom stereocenters. The van der Waals surface area contributed by atoms with E-state index in [0.717, 1.165) is 38.8 Å². The summed E-state index contributed by atoms with van der Waals surface area (Å²) in [4.78, 5) is 14.3. The second-order valence-corrected chi connectivity index (χ2v) is 6.71. The summed E-state index contributed by atoms with van der Waals surface area (Å²) in [7, 11) is 0. The number of carboxylic acids is 1. The van der Waals surface area contributed by atoms with E-state index in [1.807, 2.05) is 0 Å². The van der Waals surface area contributed by atoms with Crippen molar-refractivity contribution >= 4 is 5.97 Å². The zero-order valence-electron chi connectivity index (χ0n) is 12.9. The molecule has 0 aromatic heterocycles. The van der Waals surface area contributed by atoms with Crippen LogP contribution in [0.3, 0.4) is 0 Å². The van der Waals surface area contributed by atoms with E-state index >= 15 is 0 Å². The van der Waals surface area contributed by atoms with Crippen molar-refractivity contribution in [2.45, 2.75) is 89.0 Å². The van der Waals surface area contributed by atoms with E-state index in [1.165, 1.54) is 57.8 Å². The van der Waals surface area contributed by atoms with Gasteiger partial charge in [0.25, 0.3) is 0 Å². The number of carboxylic acid groups (broad SMARTS) is 1. The Morgan fingerprint density at radius 1 is 0.700 bits per heavy atom. The molecule has 2 rings (SSSR count). The molecule has 1 saturated carbocycles. The Balaban J connectivity index is 2.04. The van der Waals surface area contributed by atoms with Gasteiger partial charge in [0.15, 0.2) is 0 Å². The lowest BCUT2D eigenvalue weighted by molar-refractivity contribution is -0.152. The Kier molecular flexibility index (Phi) is 6.34. The Morgan fingerprint density at radius 2 is 1.10 bits per heavy atom. The first-order chi connectivity index (χ1) is 9.76. The minimum Gasteiger partial charge on any atom is -0.480 e. The highest BCUT2D eigenvalue weighted by Crippen LogP contribution is 2.33. The molecule has 1 aliphatic carbocycles. The zero-order chi connectivity index (χ0) is 14.3. The third kappa shape index (κ3) is 3.97. The highest BCUT2D eigenvalue weighted by atomic mass is 16.4. The van der Waals surface area contributed by atoms with Gasteiger partial charge in [-0.2, -0.15) is 0 Å². The number of carbonyl (C=O) groups is 1. The van der Waals surface area contributed by atoms with Crippen LogP contribution in [0, 0.1) is 0 Å². The maximum absolute atomic E-state index is 12.0. The van der Waals surface area contributed by atoms with E-state index in [9.17, 15) is 9.90 Å². The second-order valence-electron chi connectivity index (χ2n) is 6.71. The minimum absolute atomic E-state index is 0.546. The van der Waals surface area contributed by atoms with Crippen molar-refractivity contribution in [2.75, 3.05) is 13.1 Å². The molecule has 0 bridgehead atoms. The Labute approximate surface area is 123 Å². The van der Waals surface area contributed by atoms with E-state index in [1.54, 1.807) is 0 Å². The molecule has 0 amide bonds. The molecule has 0 spiro atoms.